The lowest BCUT2D eigenvalue weighted by Crippen LogP contribution is -2.21. The van der Waals surface area contributed by atoms with Crippen molar-refractivity contribution in [1.82, 2.24) is 0 Å². The van der Waals surface area contributed by atoms with Gasteiger partial charge in [-0.1, -0.05) is 12.1 Å². The van der Waals surface area contributed by atoms with E-state index in [1.807, 2.05) is 0 Å². The Hall–Kier alpha value is -4.13. The van der Waals surface area contributed by atoms with Crippen LogP contribution in [0.1, 0.15) is 0 Å². The van der Waals surface area contributed by atoms with Gasteiger partial charge in [0.05, 0.1) is 23.8 Å². The molecule has 10 nitrogen and oxygen atoms in total. The Morgan fingerprint density at radius 1 is 1.35 bits per heavy atom. The number of amidine groups is 1. The molecule has 0 aliphatic heterocycles. The number of ether oxygens (including phenoxy) is 2. The number of nitrogens with zero attached hydrogens (tertiary/aromatic N) is 3. The molecule has 2 rings (SSSR count). The second-order valence-corrected chi connectivity index (χ2v) is 4.82. The molecule has 0 amide bonds. The van der Waals surface area contributed by atoms with E-state index in [4.69, 9.17) is 25.9 Å². The molecule has 0 aliphatic rings. The van der Waals surface area contributed by atoms with Crippen molar-refractivity contribution in [3.63, 3.8) is 0 Å². The lowest BCUT2D eigenvalue weighted by molar-refractivity contribution is -0.384. The quantitative estimate of drug-likeness (QED) is 0.298. The molecule has 0 saturated carbocycles. The van der Waals surface area contributed by atoms with Crippen molar-refractivity contribution < 1.29 is 14.4 Å². The van der Waals surface area contributed by atoms with Crippen molar-refractivity contribution in [3.8, 4) is 23.3 Å². The number of para-hydroxylation sites is 2. The predicted octanol–water partition coefficient (Wildman–Crippen LogP) is 2.62. The minimum Gasteiger partial charge on any atom is -0.493 e. The molecule has 0 spiro atoms. The Kier molecular flexibility index (Phi) is 5.68. The lowest BCUT2D eigenvalue weighted by atomic mass is 10.2. The third-order valence-corrected chi connectivity index (χ3v) is 3.06. The van der Waals surface area contributed by atoms with Crippen molar-refractivity contribution in [1.29, 1.82) is 10.7 Å². The largest absolute Gasteiger partial charge is 0.493 e. The van der Waals surface area contributed by atoms with Gasteiger partial charge in [0.15, 0.2) is 17.3 Å². The fourth-order valence-electron chi connectivity index (χ4n) is 1.91. The van der Waals surface area contributed by atoms with Crippen LogP contribution < -0.4 is 20.6 Å². The number of nitriles is 1. The van der Waals surface area contributed by atoms with Gasteiger partial charge in [0.1, 0.15) is 11.8 Å². The summed E-state index contributed by atoms with van der Waals surface area (Å²) in [6.07, 6.45) is 0. The van der Waals surface area contributed by atoms with Gasteiger partial charge in [-0.15, -0.1) is 0 Å². The average molecular weight is 354 g/mol. The van der Waals surface area contributed by atoms with Gasteiger partial charge in [-0.2, -0.15) is 10.4 Å². The molecule has 0 bridgehead atoms. The summed E-state index contributed by atoms with van der Waals surface area (Å²) in [4.78, 5) is 10.5. The van der Waals surface area contributed by atoms with Gasteiger partial charge in [0.2, 0.25) is 5.71 Å². The number of rotatable bonds is 7. The molecule has 2 aromatic carbocycles. The minimum absolute atomic E-state index is 0.155. The number of nitrogens with two attached hydrogens (primary N) is 1. The maximum Gasteiger partial charge on any atom is 0.275 e. The lowest BCUT2D eigenvalue weighted by Gasteiger charge is -2.11. The maximum absolute atomic E-state index is 11.1. The summed E-state index contributed by atoms with van der Waals surface area (Å²) in [6, 6.07) is 12.3. The molecule has 0 aromatic heterocycles. The first kappa shape index (κ1) is 18.2. The SMILES string of the molecule is COc1ccccc1Oc1cc(N/N=C(\C#N)C(=N)N)cc([N+](=O)[O-])c1. The van der Waals surface area contributed by atoms with Crippen LogP contribution in [0, 0.1) is 26.9 Å². The van der Waals surface area contributed by atoms with Crippen LogP contribution in [0.2, 0.25) is 0 Å². The number of non-ortho nitro benzene ring substituents is 1. The smallest absolute Gasteiger partial charge is 0.275 e. The Morgan fingerprint density at radius 2 is 2.04 bits per heavy atom. The highest BCUT2D eigenvalue weighted by Crippen LogP contribution is 2.34. The van der Waals surface area contributed by atoms with Crippen LogP contribution in [-0.2, 0) is 0 Å². The first-order chi connectivity index (χ1) is 12.4. The van der Waals surface area contributed by atoms with Crippen molar-refractivity contribution >= 4 is 22.9 Å². The first-order valence-corrected chi connectivity index (χ1v) is 7.13. The Bertz CT molecular complexity index is 919. The fraction of sp³-hybridized carbons (Fsp3) is 0.0625. The normalized spacial score (nSPS) is 10.5. The topological polar surface area (TPSA) is 160 Å². The number of anilines is 1. The number of methoxy groups -OCH3 is 1. The molecule has 0 saturated heterocycles. The van der Waals surface area contributed by atoms with E-state index in [9.17, 15) is 10.1 Å². The zero-order valence-corrected chi connectivity index (χ0v) is 13.6. The van der Waals surface area contributed by atoms with Gasteiger partial charge in [-0.05, 0) is 12.1 Å². The van der Waals surface area contributed by atoms with Crippen LogP contribution in [-0.4, -0.2) is 23.6 Å². The number of nitro benzene ring substituents is 1. The molecule has 0 heterocycles. The van der Waals surface area contributed by atoms with Gasteiger partial charge in [-0.25, -0.2) is 0 Å². The highest BCUT2D eigenvalue weighted by atomic mass is 16.6. The van der Waals surface area contributed by atoms with E-state index < -0.39 is 10.8 Å². The molecule has 0 fully saturated rings. The van der Waals surface area contributed by atoms with Crippen LogP contribution in [0.25, 0.3) is 0 Å². The fourth-order valence-corrected chi connectivity index (χ4v) is 1.91. The molecule has 0 aliphatic carbocycles. The summed E-state index contributed by atoms with van der Waals surface area (Å²) in [5, 5.41) is 30.8. The van der Waals surface area contributed by atoms with Crippen LogP contribution in [0.4, 0.5) is 11.4 Å². The zero-order valence-electron chi connectivity index (χ0n) is 13.6. The second kappa shape index (κ2) is 8.11. The summed E-state index contributed by atoms with van der Waals surface area (Å²) in [5.74, 6) is 0.444. The predicted molar refractivity (Wildman–Crippen MR) is 94.7 cm³/mol. The van der Waals surface area contributed by atoms with Crippen molar-refractivity contribution in [2.45, 2.75) is 0 Å². The standard InChI is InChI=1S/C16H14N6O4/c1-25-14-4-2-3-5-15(14)26-12-7-10(6-11(8-12)22(23)24)20-21-13(9-17)16(18)19/h2-8,20H,1H3,(H3,18,19)/b21-13+. The minimum atomic E-state index is -0.597. The van der Waals surface area contributed by atoms with Crippen molar-refractivity contribution in [2.24, 2.45) is 10.8 Å². The van der Waals surface area contributed by atoms with Crippen molar-refractivity contribution in [3.05, 3.63) is 52.6 Å². The number of benzene rings is 2. The van der Waals surface area contributed by atoms with E-state index in [0.717, 1.165) is 0 Å². The summed E-state index contributed by atoms with van der Waals surface area (Å²) in [6.45, 7) is 0. The van der Waals surface area contributed by atoms with Crippen LogP contribution in [0.3, 0.4) is 0 Å². The Balaban J connectivity index is 2.38. The van der Waals surface area contributed by atoms with Gasteiger partial charge in [0, 0.05) is 12.1 Å². The van der Waals surface area contributed by atoms with Crippen LogP contribution in [0.15, 0.2) is 47.6 Å². The highest BCUT2D eigenvalue weighted by Gasteiger charge is 2.13. The zero-order chi connectivity index (χ0) is 19.1. The summed E-state index contributed by atoms with van der Waals surface area (Å²) in [7, 11) is 1.47. The molecule has 0 atom stereocenters. The number of hydrogen-bond acceptors (Lipinski definition) is 8. The highest BCUT2D eigenvalue weighted by molar-refractivity contribution is 6.45. The molecule has 10 heteroatoms. The van der Waals surface area contributed by atoms with Crippen LogP contribution in [0.5, 0.6) is 17.2 Å². The Morgan fingerprint density at radius 3 is 2.62 bits per heavy atom. The number of hydrogen-bond donors (Lipinski definition) is 3. The first-order valence-electron chi connectivity index (χ1n) is 7.13. The maximum atomic E-state index is 11.1. The summed E-state index contributed by atoms with van der Waals surface area (Å²) in [5.41, 5.74) is 7.22. The molecule has 26 heavy (non-hydrogen) atoms. The molecule has 2 aromatic rings. The molecule has 0 unspecified atom stereocenters. The third kappa shape index (κ3) is 4.45. The van der Waals surface area contributed by atoms with E-state index in [1.54, 1.807) is 30.3 Å². The van der Waals surface area contributed by atoms with E-state index in [2.05, 4.69) is 10.5 Å². The van der Waals surface area contributed by atoms with Gasteiger partial charge in [-0.3, -0.25) is 20.9 Å². The molecular weight excluding hydrogens is 340 g/mol. The molecule has 0 radical (unpaired) electrons. The monoisotopic (exact) mass is 354 g/mol. The van der Waals surface area contributed by atoms with E-state index >= 15 is 0 Å². The van der Waals surface area contributed by atoms with Crippen molar-refractivity contribution in [2.75, 3.05) is 12.5 Å². The molecule has 132 valence electrons. The molecular formula is C16H14N6O4. The average Bonchev–Trinajstić information content (AvgIpc) is 2.62. The number of nitro groups is 1. The van der Waals surface area contributed by atoms with Gasteiger partial charge < -0.3 is 15.2 Å². The van der Waals surface area contributed by atoms with E-state index in [-0.39, 0.29) is 22.8 Å². The number of nitrogens with one attached hydrogen (secondary N) is 2. The molecule has 4 N–H and O–H groups in total. The van der Waals surface area contributed by atoms with Gasteiger partial charge in [0.25, 0.3) is 5.69 Å². The number of hydrazone groups is 1. The van der Waals surface area contributed by atoms with Gasteiger partial charge >= 0.3 is 0 Å². The van der Waals surface area contributed by atoms with Crippen LogP contribution >= 0.6 is 0 Å². The Labute approximate surface area is 148 Å². The summed E-state index contributed by atoms with van der Waals surface area (Å²) >= 11 is 0. The second-order valence-electron chi connectivity index (χ2n) is 4.82. The third-order valence-electron chi connectivity index (χ3n) is 3.06. The van der Waals surface area contributed by atoms with E-state index in [0.29, 0.717) is 11.5 Å². The van der Waals surface area contributed by atoms with E-state index in [1.165, 1.54) is 25.3 Å². The summed E-state index contributed by atoms with van der Waals surface area (Å²) < 4.78 is 10.8.